The highest BCUT2D eigenvalue weighted by molar-refractivity contribution is 5.91. The molecule has 0 heterocycles. The van der Waals surface area contributed by atoms with Crippen LogP contribution in [0, 0.1) is 17.3 Å². The van der Waals surface area contributed by atoms with Crippen molar-refractivity contribution in [3.05, 3.63) is 11.6 Å². The molecule has 4 nitrogen and oxygen atoms in total. The molecule has 3 atom stereocenters. The van der Waals surface area contributed by atoms with Crippen LogP contribution in [0.5, 0.6) is 0 Å². The van der Waals surface area contributed by atoms with Crippen molar-refractivity contribution in [2.75, 3.05) is 13.2 Å². The fourth-order valence-corrected chi connectivity index (χ4v) is 3.82. The van der Waals surface area contributed by atoms with Gasteiger partial charge in [-0.25, -0.2) is 0 Å². The number of Topliss-reactive ketones (excluding diaryl/α,β-unsaturated/α-hetero) is 1. The smallest absolute Gasteiger partial charge is 0.173 e. The van der Waals surface area contributed by atoms with Gasteiger partial charge in [-0.15, -0.1) is 0 Å². The normalized spacial score (nSPS) is 34.9. The first kappa shape index (κ1) is 14.7. The van der Waals surface area contributed by atoms with Crippen molar-refractivity contribution in [3.63, 3.8) is 0 Å². The molecule has 108 valence electrons. The third kappa shape index (κ3) is 2.06. The lowest BCUT2D eigenvalue weighted by atomic mass is 9.62. The molecule has 0 bridgehead atoms. The van der Waals surface area contributed by atoms with E-state index in [1.807, 2.05) is 0 Å². The van der Waals surface area contributed by atoms with Gasteiger partial charge in [0.1, 0.15) is 0 Å². The summed E-state index contributed by atoms with van der Waals surface area (Å²) < 4.78 is 0. The average molecular weight is 268 g/mol. The Morgan fingerprint density at radius 3 is 2.63 bits per heavy atom. The van der Waals surface area contributed by atoms with Crippen LogP contribution in [0.1, 0.15) is 39.5 Å². The summed E-state index contributed by atoms with van der Waals surface area (Å²) in [6.45, 7) is 2.80. The number of rotatable bonds is 4. The van der Waals surface area contributed by atoms with Crippen molar-refractivity contribution in [2.45, 2.75) is 45.1 Å². The molecule has 3 N–H and O–H groups in total. The lowest BCUT2D eigenvalue weighted by molar-refractivity contribution is -0.154. The Balaban J connectivity index is 2.34. The fraction of sp³-hybridized carbons (Fsp3) is 0.800. The van der Waals surface area contributed by atoms with Gasteiger partial charge in [-0.05, 0) is 31.6 Å². The molecule has 0 radical (unpaired) electrons. The van der Waals surface area contributed by atoms with Gasteiger partial charge in [0.15, 0.2) is 11.4 Å². The Bertz CT molecular complexity index is 397. The van der Waals surface area contributed by atoms with Gasteiger partial charge in [0.25, 0.3) is 0 Å². The number of carbonyl (C=O) groups excluding carboxylic acids is 1. The molecule has 19 heavy (non-hydrogen) atoms. The molecule has 2 rings (SSSR count). The molecule has 1 saturated carbocycles. The lowest BCUT2D eigenvalue weighted by Gasteiger charge is -2.42. The summed E-state index contributed by atoms with van der Waals surface area (Å²) in [4.78, 5) is 12.5. The van der Waals surface area contributed by atoms with E-state index in [1.165, 1.54) is 5.57 Å². The molecule has 1 fully saturated rings. The summed E-state index contributed by atoms with van der Waals surface area (Å²) in [5.74, 6) is -0.332. The summed E-state index contributed by atoms with van der Waals surface area (Å²) in [5, 5.41) is 28.5. The highest BCUT2D eigenvalue weighted by Crippen LogP contribution is 2.56. The van der Waals surface area contributed by atoms with E-state index >= 15 is 0 Å². The van der Waals surface area contributed by atoms with Gasteiger partial charge >= 0.3 is 0 Å². The Morgan fingerprint density at radius 2 is 2.05 bits per heavy atom. The first-order chi connectivity index (χ1) is 8.90. The van der Waals surface area contributed by atoms with Crippen LogP contribution in [0.2, 0.25) is 0 Å². The largest absolute Gasteiger partial charge is 0.393 e. The molecular formula is C15H24O4. The van der Waals surface area contributed by atoms with Crippen molar-refractivity contribution in [1.29, 1.82) is 0 Å². The first-order valence-electron chi connectivity index (χ1n) is 7.08. The zero-order chi connectivity index (χ0) is 14.3. The maximum Gasteiger partial charge on any atom is 0.173 e. The van der Waals surface area contributed by atoms with E-state index in [0.29, 0.717) is 12.3 Å². The number of fused-ring (bicyclic) bond motifs is 1. The van der Waals surface area contributed by atoms with E-state index < -0.39 is 24.6 Å². The zero-order valence-corrected chi connectivity index (χ0v) is 11.7. The van der Waals surface area contributed by atoms with Crippen LogP contribution in [0.25, 0.3) is 0 Å². The minimum atomic E-state index is -2.00. The minimum absolute atomic E-state index is 0.229. The summed E-state index contributed by atoms with van der Waals surface area (Å²) >= 11 is 0. The summed E-state index contributed by atoms with van der Waals surface area (Å²) in [5.41, 5.74) is -0.920. The highest BCUT2D eigenvalue weighted by atomic mass is 16.4. The number of allylic oxidation sites excluding steroid dienone is 2. The van der Waals surface area contributed by atoms with Crippen LogP contribution in [-0.4, -0.2) is 39.9 Å². The predicted molar refractivity (Wildman–Crippen MR) is 71.4 cm³/mol. The highest BCUT2D eigenvalue weighted by Gasteiger charge is 2.54. The maximum atomic E-state index is 12.5. The number of aliphatic hydroxyl groups excluding tert-OH is 2. The molecule has 0 unspecified atom stereocenters. The summed E-state index contributed by atoms with van der Waals surface area (Å²) in [6.07, 6.45) is 5.90. The molecule has 0 aromatic heterocycles. The predicted octanol–water partition coefficient (Wildman–Crippen LogP) is 1.04. The van der Waals surface area contributed by atoms with Crippen LogP contribution in [0.15, 0.2) is 11.6 Å². The van der Waals surface area contributed by atoms with Crippen LogP contribution in [0.3, 0.4) is 0 Å². The molecule has 0 spiro atoms. The van der Waals surface area contributed by atoms with Gasteiger partial charge in [-0.1, -0.05) is 25.5 Å². The van der Waals surface area contributed by atoms with Crippen molar-refractivity contribution >= 4 is 5.78 Å². The standard InChI is InChI=1S/C15H24O4/c1-10-4-3-5-11-6-7-12(14(10,11)2)13(18)15(19,8-16)9-17/h5,10,12,16-17,19H,3-4,6-9H2,1-2H3/t10-,12+,14+/m0/s1. The number of hydrogen-bond acceptors (Lipinski definition) is 4. The Morgan fingerprint density at radius 1 is 1.42 bits per heavy atom. The molecular weight excluding hydrogens is 244 g/mol. The van der Waals surface area contributed by atoms with Crippen molar-refractivity contribution < 1.29 is 20.1 Å². The molecule has 0 aromatic carbocycles. The zero-order valence-electron chi connectivity index (χ0n) is 11.7. The Kier molecular flexibility index (Phi) is 3.87. The van der Waals surface area contributed by atoms with Gasteiger partial charge in [0, 0.05) is 11.3 Å². The number of aliphatic hydroxyl groups is 3. The Hall–Kier alpha value is -0.710. The van der Waals surface area contributed by atoms with E-state index in [-0.39, 0.29) is 11.3 Å². The second-order valence-corrected chi connectivity index (χ2v) is 6.29. The molecule has 2 aliphatic carbocycles. The summed E-state index contributed by atoms with van der Waals surface area (Å²) in [6, 6.07) is 0. The third-order valence-electron chi connectivity index (χ3n) is 5.43. The third-order valence-corrected chi connectivity index (χ3v) is 5.43. The SMILES string of the molecule is C[C@H]1CCC=C2CC[C@H](C(=O)C(O)(CO)CO)[C@@]21C. The lowest BCUT2D eigenvalue weighted by Crippen LogP contribution is -2.52. The quantitative estimate of drug-likeness (QED) is 0.666. The van der Waals surface area contributed by atoms with Gasteiger partial charge in [0.05, 0.1) is 13.2 Å². The van der Waals surface area contributed by atoms with E-state index in [4.69, 9.17) is 0 Å². The molecule has 0 amide bonds. The fourth-order valence-electron chi connectivity index (χ4n) is 3.82. The van der Waals surface area contributed by atoms with Crippen molar-refractivity contribution in [1.82, 2.24) is 0 Å². The molecule has 0 aromatic rings. The van der Waals surface area contributed by atoms with Crippen LogP contribution in [-0.2, 0) is 4.79 Å². The van der Waals surface area contributed by atoms with Gasteiger partial charge < -0.3 is 15.3 Å². The second-order valence-electron chi connectivity index (χ2n) is 6.29. The van der Waals surface area contributed by atoms with E-state index in [1.54, 1.807) is 0 Å². The number of hydrogen-bond donors (Lipinski definition) is 3. The average Bonchev–Trinajstić information content (AvgIpc) is 2.76. The summed E-state index contributed by atoms with van der Waals surface area (Å²) in [7, 11) is 0. The van der Waals surface area contributed by atoms with Gasteiger partial charge in [-0.3, -0.25) is 4.79 Å². The molecule has 2 aliphatic rings. The van der Waals surface area contributed by atoms with Crippen LogP contribution < -0.4 is 0 Å². The first-order valence-corrected chi connectivity index (χ1v) is 7.08. The van der Waals surface area contributed by atoms with Crippen LogP contribution >= 0.6 is 0 Å². The van der Waals surface area contributed by atoms with Gasteiger partial charge in [-0.2, -0.15) is 0 Å². The minimum Gasteiger partial charge on any atom is -0.393 e. The van der Waals surface area contributed by atoms with Crippen LogP contribution in [0.4, 0.5) is 0 Å². The van der Waals surface area contributed by atoms with Crippen molar-refractivity contribution in [2.24, 2.45) is 17.3 Å². The van der Waals surface area contributed by atoms with Crippen molar-refractivity contribution in [3.8, 4) is 0 Å². The Labute approximate surface area is 114 Å². The van der Waals surface area contributed by atoms with E-state index in [9.17, 15) is 20.1 Å². The molecule has 4 heteroatoms. The number of ketones is 1. The molecule has 0 saturated heterocycles. The van der Waals surface area contributed by atoms with E-state index in [0.717, 1.165) is 19.3 Å². The topological polar surface area (TPSA) is 77.8 Å². The maximum absolute atomic E-state index is 12.5. The second kappa shape index (κ2) is 5.00. The van der Waals surface area contributed by atoms with E-state index in [2.05, 4.69) is 19.9 Å². The number of carbonyl (C=O) groups is 1. The molecule has 0 aliphatic heterocycles. The van der Waals surface area contributed by atoms with Gasteiger partial charge in [0.2, 0.25) is 0 Å². The monoisotopic (exact) mass is 268 g/mol.